The second kappa shape index (κ2) is 6.14. The second-order valence-electron chi connectivity index (χ2n) is 6.51. The standard InChI is InChI=1S/C19H21N5O/c20-14-4-1-3-13(9-14)11-23-8-7-17-18(12-23)22-24(19(17)25)16-6-2-5-15(21)10-16/h1-6,9-10,22H,7-8,11-12,20-21H2. The van der Waals surface area contributed by atoms with E-state index in [-0.39, 0.29) is 5.56 Å². The van der Waals surface area contributed by atoms with E-state index in [1.54, 1.807) is 10.7 Å². The van der Waals surface area contributed by atoms with Crippen LogP contribution in [0.3, 0.4) is 0 Å². The van der Waals surface area contributed by atoms with Crippen LogP contribution in [-0.4, -0.2) is 21.2 Å². The Kier molecular flexibility index (Phi) is 3.82. The maximum atomic E-state index is 12.7. The van der Waals surface area contributed by atoms with Crippen molar-refractivity contribution in [2.45, 2.75) is 19.5 Å². The molecule has 5 N–H and O–H groups in total. The van der Waals surface area contributed by atoms with E-state index >= 15 is 0 Å². The average Bonchev–Trinajstić information content (AvgIpc) is 2.91. The van der Waals surface area contributed by atoms with Crippen LogP contribution in [0.5, 0.6) is 0 Å². The summed E-state index contributed by atoms with van der Waals surface area (Å²) in [5.41, 5.74) is 16.9. The van der Waals surface area contributed by atoms with Gasteiger partial charge in [-0.25, -0.2) is 4.68 Å². The summed E-state index contributed by atoms with van der Waals surface area (Å²) in [5.74, 6) is 0. The fraction of sp³-hybridized carbons (Fsp3) is 0.211. The lowest BCUT2D eigenvalue weighted by molar-refractivity contribution is 0.242. The van der Waals surface area contributed by atoms with Crippen molar-refractivity contribution in [1.29, 1.82) is 0 Å². The molecule has 0 amide bonds. The first kappa shape index (κ1) is 15.5. The Morgan fingerprint density at radius 2 is 1.80 bits per heavy atom. The fourth-order valence-corrected chi connectivity index (χ4v) is 3.41. The molecular formula is C19H21N5O. The first-order chi connectivity index (χ1) is 12.1. The number of benzene rings is 2. The van der Waals surface area contributed by atoms with Crippen molar-refractivity contribution in [3.05, 3.63) is 75.7 Å². The number of hydrogen-bond acceptors (Lipinski definition) is 4. The van der Waals surface area contributed by atoms with Crippen LogP contribution in [0.15, 0.2) is 53.3 Å². The summed E-state index contributed by atoms with van der Waals surface area (Å²) in [4.78, 5) is 15.0. The van der Waals surface area contributed by atoms with Gasteiger partial charge >= 0.3 is 0 Å². The quantitative estimate of drug-likeness (QED) is 0.637. The highest BCUT2D eigenvalue weighted by Crippen LogP contribution is 2.19. The van der Waals surface area contributed by atoms with Crippen molar-refractivity contribution in [2.24, 2.45) is 0 Å². The maximum Gasteiger partial charge on any atom is 0.274 e. The molecule has 0 aliphatic carbocycles. The number of fused-ring (bicyclic) bond motifs is 1. The molecule has 1 aliphatic heterocycles. The lowest BCUT2D eigenvalue weighted by Gasteiger charge is -2.26. The van der Waals surface area contributed by atoms with E-state index in [1.807, 2.05) is 36.4 Å². The normalized spacial score (nSPS) is 14.4. The van der Waals surface area contributed by atoms with Crippen LogP contribution in [0.4, 0.5) is 11.4 Å². The highest BCUT2D eigenvalue weighted by atomic mass is 16.1. The van der Waals surface area contributed by atoms with Gasteiger partial charge in [0, 0.05) is 36.6 Å². The number of anilines is 2. The largest absolute Gasteiger partial charge is 0.399 e. The molecule has 2 heterocycles. The maximum absolute atomic E-state index is 12.7. The predicted octanol–water partition coefficient (Wildman–Crippen LogP) is 1.89. The molecule has 0 spiro atoms. The molecule has 0 unspecified atom stereocenters. The first-order valence-corrected chi connectivity index (χ1v) is 8.35. The number of aromatic nitrogens is 2. The molecule has 0 saturated heterocycles. The minimum atomic E-state index is 0.0178. The number of nitrogens with zero attached hydrogens (tertiary/aromatic N) is 2. The smallest absolute Gasteiger partial charge is 0.274 e. The Morgan fingerprint density at radius 1 is 1.04 bits per heavy atom. The van der Waals surface area contributed by atoms with E-state index in [0.29, 0.717) is 12.2 Å². The molecule has 4 rings (SSSR count). The number of nitrogen functional groups attached to an aromatic ring is 2. The van der Waals surface area contributed by atoms with Crippen molar-refractivity contribution >= 4 is 11.4 Å². The number of aromatic amines is 1. The zero-order valence-corrected chi connectivity index (χ0v) is 13.9. The lowest BCUT2D eigenvalue weighted by Crippen LogP contribution is -2.31. The highest BCUT2D eigenvalue weighted by Gasteiger charge is 2.23. The van der Waals surface area contributed by atoms with Crippen LogP contribution >= 0.6 is 0 Å². The molecule has 6 heteroatoms. The highest BCUT2D eigenvalue weighted by molar-refractivity contribution is 5.47. The minimum absolute atomic E-state index is 0.0178. The summed E-state index contributed by atoms with van der Waals surface area (Å²) in [5, 5.41) is 3.25. The van der Waals surface area contributed by atoms with E-state index in [0.717, 1.165) is 42.1 Å². The summed E-state index contributed by atoms with van der Waals surface area (Å²) in [6.07, 6.45) is 0.738. The zero-order chi connectivity index (χ0) is 17.4. The minimum Gasteiger partial charge on any atom is -0.399 e. The summed E-state index contributed by atoms with van der Waals surface area (Å²) >= 11 is 0. The van der Waals surface area contributed by atoms with Gasteiger partial charge in [-0.3, -0.25) is 14.8 Å². The van der Waals surface area contributed by atoms with Gasteiger partial charge in [0.05, 0.1) is 11.4 Å². The monoisotopic (exact) mass is 335 g/mol. The van der Waals surface area contributed by atoms with E-state index in [1.165, 1.54) is 5.56 Å². The zero-order valence-electron chi connectivity index (χ0n) is 13.9. The van der Waals surface area contributed by atoms with Crippen LogP contribution in [0, 0.1) is 0 Å². The molecule has 25 heavy (non-hydrogen) atoms. The van der Waals surface area contributed by atoms with Gasteiger partial charge in [0.15, 0.2) is 0 Å². The first-order valence-electron chi connectivity index (χ1n) is 8.35. The van der Waals surface area contributed by atoms with Gasteiger partial charge in [-0.2, -0.15) is 0 Å². The Morgan fingerprint density at radius 3 is 2.56 bits per heavy atom. The molecule has 0 bridgehead atoms. The van der Waals surface area contributed by atoms with Crippen molar-refractivity contribution in [3.8, 4) is 5.69 Å². The summed E-state index contributed by atoms with van der Waals surface area (Å²) < 4.78 is 1.59. The molecule has 0 atom stereocenters. The average molecular weight is 335 g/mol. The third kappa shape index (κ3) is 3.04. The fourth-order valence-electron chi connectivity index (χ4n) is 3.41. The molecule has 0 fully saturated rings. The molecule has 128 valence electrons. The SMILES string of the molecule is Nc1cccc(CN2CCc3c([nH]n(-c4cccc(N)c4)c3=O)C2)c1. The number of H-pyrrole nitrogens is 1. The van der Waals surface area contributed by atoms with E-state index < -0.39 is 0 Å². The van der Waals surface area contributed by atoms with Gasteiger partial charge in [0.1, 0.15) is 0 Å². The van der Waals surface area contributed by atoms with Gasteiger partial charge in [0.2, 0.25) is 0 Å². The number of hydrogen-bond donors (Lipinski definition) is 3. The molecule has 1 aliphatic rings. The van der Waals surface area contributed by atoms with Crippen LogP contribution in [0.2, 0.25) is 0 Å². The molecule has 2 aromatic carbocycles. The van der Waals surface area contributed by atoms with Crippen LogP contribution < -0.4 is 17.0 Å². The summed E-state index contributed by atoms with van der Waals surface area (Å²) in [7, 11) is 0. The molecule has 3 aromatic rings. The third-order valence-corrected chi connectivity index (χ3v) is 4.62. The van der Waals surface area contributed by atoms with Gasteiger partial charge in [-0.15, -0.1) is 0 Å². The van der Waals surface area contributed by atoms with Crippen molar-refractivity contribution in [2.75, 3.05) is 18.0 Å². The number of rotatable bonds is 3. The van der Waals surface area contributed by atoms with Gasteiger partial charge in [-0.1, -0.05) is 18.2 Å². The summed E-state index contributed by atoms with van der Waals surface area (Å²) in [6.45, 7) is 2.39. The Bertz CT molecular complexity index is 972. The topological polar surface area (TPSA) is 93.1 Å². The van der Waals surface area contributed by atoms with E-state index in [2.05, 4.69) is 16.1 Å². The van der Waals surface area contributed by atoms with E-state index in [4.69, 9.17) is 11.5 Å². The lowest BCUT2D eigenvalue weighted by atomic mass is 10.1. The van der Waals surface area contributed by atoms with Crippen molar-refractivity contribution < 1.29 is 0 Å². The van der Waals surface area contributed by atoms with Crippen molar-refractivity contribution in [1.82, 2.24) is 14.7 Å². The molecule has 0 saturated carbocycles. The van der Waals surface area contributed by atoms with Crippen LogP contribution in [-0.2, 0) is 19.5 Å². The van der Waals surface area contributed by atoms with Crippen LogP contribution in [0.25, 0.3) is 5.69 Å². The van der Waals surface area contributed by atoms with Gasteiger partial charge < -0.3 is 11.5 Å². The second-order valence-corrected chi connectivity index (χ2v) is 6.51. The Balaban J connectivity index is 1.59. The van der Waals surface area contributed by atoms with Gasteiger partial charge in [-0.05, 0) is 42.3 Å². The molecule has 0 radical (unpaired) electrons. The third-order valence-electron chi connectivity index (χ3n) is 4.62. The van der Waals surface area contributed by atoms with Crippen LogP contribution in [0.1, 0.15) is 16.8 Å². The molecular weight excluding hydrogens is 314 g/mol. The number of nitrogens with two attached hydrogens (primary N) is 2. The van der Waals surface area contributed by atoms with Crippen molar-refractivity contribution in [3.63, 3.8) is 0 Å². The number of nitrogens with one attached hydrogen (secondary N) is 1. The molecule has 6 nitrogen and oxygen atoms in total. The molecule has 1 aromatic heterocycles. The predicted molar refractivity (Wildman–Crippen MR) is 99.5 cm³/mol. The van der Waals surface area contributed by atoms with Gasteiger partial charge in [0.25, 0.3) is 5.56 Å². The Labute approximate surface area is 145 Å². The Hall–Kier alpha value is -2.99. The van der Waals surface area contributed by atoms with E-state index in [9.17, 15) is 4.79 Å². The summed E-state index contributed by atoms with van der Waals surface area (Å²) in [6, 6.07) is 15.3.